The van der Waals surface area contributed by atoms with Crippen molar-refractivity contribution in [3.8, 4) is 0 Å². The van der Waals surface area contributed by atoms with Gasteiger partial charge < -0.3 is 0 Å². The second kappa shape index (κ2) is 6.02. The molecule has 19 heavy (non-hydrogen) atoms. The Hall–Kier alpha value is -0.930. The van der Waals surface area contributed by atoms with Crippen LogP contribution in [-0.4, -0.2) is 0 Å². The Morgan fingerprint density at radius 2 is 1.68 bits per heavy atom. The van der Waals surface area contributed by atoms with Gasteiger partial charge in [0, 0.05) is 9.85 Å². The molecule has 1 atom stereocenters. The molecular weight excluding hydrogens is 334 g/mol. The van der Waals surface area contributed by atoms with Gasteiger partial charge in [0.05, 0.1) is 0 Å². The zero-order chi connectivity index (χ0) is 14.0. The standard InChI is InChI=1S/C15H12BrClF2/c1-9-2-4-10(5-3-9)6-12(16)11-7-14(18)15(19)8-13(11)17/h2-5,7-8,12H,6H2,1H3. The predicted molar refractivity (Wildman–Crippen MR) is 77.9 cm³/mol. The summed E-state index contributed by atoms with van der Waals surface area (Å²) in [5.41, 5.74) is 2.84. The Bertz CT molecular complexity index is 581. The minimum absolute atomic E-state index is 0.155. The van der Waals surface area contributed by atoms with Crippen molar-refractivity contribution in [2.24, 2.45) is 0 Å². The fourth-order valence-corrected chi connectivity index (χ4v) is 2.99. The topological polar surface area (TPSA) is 0 Å². The molecule has 0 radical (unpaired) electrons. The molecular formula is C15H12BrClF2. The Labute approximate surface area is 124 Å². The van der Waals surface area contributed by atoms with E-state index >= 15 is 0 Å². The number of hydrogen-bond acceptors (Lipinski definition) is 0. The van der Waals surface area contributed by atoms with Gasteiger partial charge in [-0.25, -0.2) is 8.78 Å². The number of benzene rings is 2. The van der Waals surface area contributed by atoms with Gasteiger partial charge >= 0.3 is 0 Å². The summed E-state index contributed by atoms with van der Waals surface area (Å²) in [6.45, 7) is 2.02. The van der Waals surface area contributed by atoms with Gasteiger partial charge in [-0.05, 0) is 36.6 Å². The van der Waals surface area contributed by atoms with Gasteiger partial charge in [-0.3, -0.25) is 0 Å². The van der Waals surface area contributed by atoms with E-state index in [9.17, 15) is 8.78 Å². The molecule has 1 unspecified atom stereocenters. The van der Waals surface area contributed by atoms with Crippen molar-refractivity contribution >= 4 is 27.5 Å². The van der Waals surface area contributed by atoms with Crippen molar-refractivity contribution in [1.29, 1.82) is 0 Å². The highest BCUT2D eigenvalue weighted by Gasteiger charge is 2.16. The first-order chi connectivity index (χ1) is 8.97. The first-order valence-corrected chi connectivity index (χ1v) is 7.11. The third-order valence-corrected chi connectivity index (χ3v) is 4.06. The van der Waals surface area contributed by atoms with Crippen molar-refractivity contribution in [2.45, 2.75) is 18.2 Å². The lowest BCUT2D eigenvalue weighted by atomic mass is 10.0. The van der Waals surface area contributed by atoms with Crippen LogP contribution in [-0.2, 0) is 6.42 Å². The summed E-state index contributed by atoms with van der Waals surface area (Å²) in [6, 6.07) is 10.2. The normalized spacial score (nSPS) is 12.5. The Balaban J connectivity index is 2.22. The first-order valence-electron chi connectivity index (χ1n) is 5.81. The van der Waals surface area contributed by atoms with Crippen molar-refractivity contribution in [1.82, 2.24) is 0 Å². The highest BCUT2D eigenvalue weighted by Crippen LogP contribution is 2.33. The van der Waals surface area contributed by atoms with Crippen LogP contribution in [0.2, 0.25) is 5.02 Å². The van der Waals surface area contributed by atoms with Crippen LogP contribution < -0.4 is 0 Å². The van der Waals surface area contributed by atoms with Crippen LogP contribution in [0, 0.1) is 18.6 Å². The summed E-state index contributed by atoms with van der Waals surface area (Å²) in [7, 11) is 0. The third kappa shape index (κ3) is 3.54. The summed E-state index contributed by atoms with van der Waals surface area (Å²) in [5, 5.41) is 0.230. The average molecular weight is 346 g/mol. The predicted octanol–water partition coefficient (Wildman–Crippen LogP) is 5.61. The molecule has 0 aliphatic carbocycles. The molecule has 0 amide bonds. The summed E-state index contributed by atoms with van der Waals surface area (Å²) in [4.78, 5) is -0.155. The van der Waals surface area contributed by atoms with E-state index in [1.807, 2.05) is 31.2 Å². The van der Waals surface area contributed by atoms with Gasteiger partial charge in [0.15, 0.2) is 11.6 Å². The Kier molecular flexibility index (Phi) is 4.58. The summed E-state index contributed by atoms with van der Waals surface area (Å²) in [5.74, 6) is -1.81. The van der Waals surface area contributed by atoms with Gasteiger partial charge in [-0.2, -0.15) is 0 Å². The second-order valence-corrected chi connectivity index (χ2v) is 5.96. The average Bonchev–Trinajstić information content (AvgIpc) is 2.36. The maximum atomic E-state index is 13.3. The van der Waals surface area contributed by atoms with E-state index in [0.717, 1.165) is 17.7 Å². The molecule has 0 nitrogen and oxygen atoms in total. The summed E-state index contributed by atoms with van der Waals surface area (Å²) >= 11 is 9.43. The molecule has 4 heteroatoms. The highest BCUT2D eigenvalue weighted by atomic mass is 79.9. The molecule has 0 saturated carbocycles. The first kappa shape index (κ1) is 14.5. The highest BCUT2D eigenvalue weighted by molar-refractivity contribution is 9.09. The fourth-order valence-electron chi connectivity index (χ4n) is 1.82. The van der Waals surface area contributed by atoms with Crippen LogP contribution in [0.1, 0.15) is 21.5 Å². The van der Waals surface area contributed by atoms with E-state index in [0.29, 0.717) is 12.0 Å². The van der Waals surface area contributed by atoms with E-state index in [1.165, 1.54) is 5.56 Å². The lowest BCUT2D eigenvalue weighted by molar-refractivity contribution is 0.507. The van der Waals surface area contributed by atoms with E-state index in [1.54, 1.807) is 0 Å². The van der Waals surface area contributed by atoms with Gasteiger partial charge in [0.25, 0.3) is 0 Å². The van der Waals surface area contributed by atoms with Crippen LogP contribution in [0.5, 0.6) is 0 Å². The van der Waals surface area contributed by atoms with E-state index < -0.39 is 11.6 Å². The molecule has 0 N–H and O–H groups in total. The maximum absolute atomic E-state index is 13.3. The molecule has 0 aromatic heterocycles. The molecule has 2 aromatic carbocycles. The molecule has 2 aromatic rings. The van der Waals surface area contributed by atoms with E-state index in [2.05, 4.69) is 15.9 Å². The number of rotatable bonds is 3. The van der Waals surface area contributed by atoms with Crippen LogP contribution in [0.15, 0.2) is 36.4 Å². The van der Waals surface area contributed by atoms with Crippen molar-refractivity contribution in [2.75, 3.05) is 0 Å². The third-order valence-electron chi connectivity index (χ3n) is 2.91. The molecule has 0 fully saturated rings. The summed E-state index contributed by atoms with van der Waals surface area (Å²) < 4.78 is 26.3. The lowest BCUT2D eigenvalue weighted by Gasteiger charge is -2.13. The minimum atomic E-state index is -0.927. The molecule has 0 aliphatic rings. The smallest absolute Gasteiger partial charge is 0.160 e. The molecule has 0 aliphatic heterocycles. The largest absolute Gasteiger partial charge is 0.204 e. The summed E-state index contributed by atoms with van der Waals surface area (Å²) in [6.07, 6.45) is 0.658. The molecule has 0 saturated heterocycles. The zero-order valence-electron chi connectivity index (χ0n) is 10.3. The lowest BCUT2D eigenvalue weighted by Crippen LogP contribution is -1.99. The van der Waals surface area contributed by atoms with Crippen LogP contribution in [0.4, 0.5) is 8.78 Å². The monoisotopic (exact) mass is 344 g/mol. The number of aryl methyl sites for hydroxylation is 1. The maximum Gasteiger partial charge on any atom is 0.160 e. The quantitative estimate of drug-likeness (QED) is 0.501. The number of alkyl halides is 1. The number of halogens is 4. The van der Waals surface area contributed by atoms with Crippen molar-refractivity contribution in [3.63, 3.8) is 0 Å². The van der Waals surface area contributed by atoms with Crippen molar-refractivity contribution in [3.05, 3.63) is 69.7 Å². The Morgan fingerprint density at radius 1 is 1.11 bits per heavy atom. The van der Waals surface area contributed by atoms with Gasteiger partial charge in [-0.1, -0.05) is 57.4 Å². The number of hydrogen-bond donors (Lipinski definition) is 0. The van der Waals surface area contributed by atoms with Gasteiger partial charge in [0.1, 0.15) is 0 Å². The van der Waals surface area contributed by atoms with Gasteiger partial charge in [-0.15, -0.1) is 0 Å². The fraction of sp³-hybridized carbons (Fsp3) is 0.200. The zero-order valence-corrected chi connectivity index (χ0v) is 12.6. The van der Waals surface area contributed by atoms with E-state index in [4.69, 9.17) is 11.6 Å². The van der Waals surface area contributed by atoms with Crippen LogP contribution in [0.3, 0.4) is 0 Å². The van der Waals surface area contributed by atoms with Crippen molar-refractivity contribution < 1.29 is 8.78 Å². The molecule has 0 bridgehead atoms. The van der Waals surface area contributed by atoms with Crippen LogP contribution in [0.25, 0.3) is 0 Å². The molecule has 0 spiro atoms. The Morgan fingerprint density at radius 3 is 2.32 bits per heavy atom. The second-order valence-electron chi connectivity index (χ2n) is 4.45. The SMILES string of the molecule is Cc1ccc(CC(Br)c2cc(F)c(F)cc2Cl)cc1. The van der Waals surface area contributed by atoms with Gasteiger partial charge in [0.2, 0.25) is 0 Å². The van der Waals surface area contributed by atoms with Crippen LogP contribution >= 0.6 is 27.5 Å². The minimum Gasteiger partial charge on any atom is -0.204 e. The molecule has 0 heterocycles. The molecule has 2 rings (SSSR count). The van der Waals surface area contributed by atoms with E-state index in [-0.39, 0.29) is 9.85 Å². The molecule has 100 valence electrons.